The Balaban J connectivity index is 0.890. The van der Waals surface area contributed by atoms with E-state index in [1.165, 1.54) is 74.2 Å². The lowest BCUT2D eigenvalue weighted by molar-refractivity contribution is -0.138. The third kappa shape index (κ3) is 9.21. The van der Waals surface area contributed by atoms with E-state index in [0.29, 0.717) is 23.1 Å². The highest BCUT2D eigenvalue weighted by atomic mass is 35.5. The van der Waals surface area contributed by atoms with Gasteiger partial charge in [-0.2, -0.15) is 0 Å². The smallest absolute Gasteiger partial charge is 0.225 e. The number of hydrogen-bond acceptors (Lipinski definition) is 9. The number of halogens is 1. The van der Waals surface area contributed by atoms with E-state index in [9.17, 15) is 4.79 Å². The van der Waals surface area contributed by atoms with Crippen molar-refractivity contribution in [1.82, 2.24) is 30.0 Å². The van der Waals surface area contributed by atoms with Gasteiger partial charge < -0.3 is 25.2 Å². The fourth-order valence-corrected chi connectivity index (χ4v) is 11.8. The van der Waals surface area contributed by atoms with Crippen molar-refractivity contribution in [2.45, 2.75) is 96.6 Å². The molecule has 9 nitrogen and oxygen atoms in total. The second-order valence-corrected chi connectivity index (χ2v) is 19.6. The van der Waals surface area contributed by atoms with E-state index in [-0.39, 0.29) is 12.0 Å². The molecule has 2 saturated carbocycles. The van der Waals surface area contributed by atoms with Crippen LogP contribution in [0.1, 0.15) is 105 Å². The highest BCUT2D eigenvalue weighted by Gasteiger charge is 2.37. The van der Waals surface area contributed by atoms with Gasteiger partial charge in [0, 0.05) is 72.1 Å². The molecule has 2 aromatic carbocycles. The van der Waals surface area contributed by atoms with Gasteiger partial charge in [0.2, 0.25) is 5.91 Å². The molecule has 1 spiro atoms. The Bertz CT molecular complexity index is 2040. The summed E-state index contributed by atoms with van der Waals surface area (Å²) in [5.41, 5.74) is 6.15. The van der Waals surface area contributed by atoms with E-state index in [1.807, 2.05) is 19.1 Å². The molecule has 2 saturated heterocycles. The number of fused-ring (bicyclic) bond motifs is 1. The Morgan fingerprint density at radius 3 is 2.47 bits per heavy atom. The van der Waals surface area contributed by atoms with Gasteiger partial charge in [-0.05, 0) is 163 Å². The Morgan fingerprint density at radius 2 is 1.76 bits per heavy atom. The summed E-state index contributed by atoms with van der Waals surface area (Å²) >= 11 is 8.52. The van der Waals surface area contributed by atoms with Crippen molar-refractivity contribution < 1.29 is 9.53 Å². The van der Waals surface area contributed by atoms with E-state index in [2.05, 4.69) is 76.0 Å². The molecule has 58 heavy (non-hydrogen) atoms. The highest BCUT2D eigenvalue weighted by Crippen LogP contribution is 2.46. The molecule has 4 aromatic rings. The molecule has 312 valence electrons. The minimum Gasteiger partial charge on any atom is -0.496 e. The number of amides is 1. The third-order valence-corrected chi connectivity index (χ3v) is 15.4. The normalized spacial score (nSPS) is 22.4. The maximum Gasteiger partial charge on any atom is 0.225 e. The van der Waals surface area contributed by atoms with E-state index in [1.54, 1.807) is 18.4 Å². The topological polar surface area (TPSA) is 85.9 Å². The first-order valence-electron chi connectivity index (χ1n) is 21.9. The van der Waals surface area contributed by atoms with Crippen LogP contribution in [0, 0.1) is 24.2 Å². The third-order valence-electron chi connectivity index (χ3n) is 14.0. The number of methoxy groups -OCH3 is 1. The molecule has 2 aliphatic heterocycles. The van der Waals surface area contributed by atoms with Crippen molar-refractivity contribution in [2.24, 2.45) is 17.3 Å². The number of carbonyl (C=O) groups excluding carboxylic acids is 1. The Hall–Kier alpha value is -3.28. The van der Waals surface area contributed by atoms with Gasteiger partial charge in [-0.15, -0.1) is 11.3 Å². The summed E-state index contributed by atoms with van der Waals surface area (Å²) in [7, 11) is 5.92. The van der Waals surface area contributed by atoms with Gasteiger partial charge in [0.05, 0.1) is 18.7 Å². The molecule has 1 atom stereocenters. The van der Waals surface area contributed by atoms with Crippen LogP contribution in [0.4, 0.5) is 5.82 Å². The lowest BCUT2D eigenvalue weighted by Gasteiger charge is -2.45. The van der Waals surface area contributed by atoms with Gasteiger partial charge in [-0.25, -0.2) is 9.97 Å². The molecule has 0 radical (unpaired) electrons. The summed E-state index contributed by atoms with van der Waals surface area (Å²) in [6.45, 7) is 12.4. The number of piperidine rings is 1. The van der Waals surface area contributed by atoms with Crippen LogP contribution in [0.3, 0.4) is 0 Å². The number of aromatic nitrogens is 2. The number of benzene rings is 2. The van der Waals surface area contributed by atoms with Crippen molar-refractivity contribution in [3.63, 3.8) is 0 Å². The van der Waals surface area contributed by atoms with Gasteiger partial charge >= 0.3 is 0 Å². The number of hydrogen-bond donors (Lipinski definition) is 2. The molecule has 4 aliphatic rings. The van der Waals surface area contributed by atoms with Crippen molar-refractivity contribution in [1.29, 1.82) is 0 Å². The van der Waals surface area contributed by atoms with E-state index >= 15 is 0 Å². The zero-order valence-electron chi connectivity index (χ0n) is 35.4. The number of nitrogens with one attached hydrogen (secondary N) is 2. The number of rotatable bonds is 11. The summed E-state index contributed by atoms with van der Waals surface area (Å²) in [5, 5.41) is 11.3. The Labute approximate surface area is 355 Å². The van der Waals surface area contributed by atoms with Crippen molar-refractivity contribution in [3.8, 4) is 16.9 Å². The zero-order valence-corrected chi connectivity index (χ0v) is 37.0. The highest BCUT2D eigenvalue weighted by molar-refractivity contribution is 7.10. The quantitative estimate of drug-likeness (QED) is 0.155. The molecule has 2 aromatic heterocycles. The SMILES string of the molecule is COc1cc2nc(C)nc(N[C@H](C)c3cc(-c4c(Cl)cccc4CN(C)C)cs3)c2cc1C1CCC(C(=O)N2CCN(CC3CCC4(CCNCC4)CC3)CC2)CC1. The Morgan fingerprint density at radius 1 is 1.02 bits per heavy atom. The minimum absolute atomic E-state index is 0.0175. The summed E-state index contributed by atoms with van der Waals surface area (Å²) in [4.78, 5) is 31.8. The molecule has 0 unspecified atom stereocenters. The molecule has 4 heterocycles. The van der Waals surface area contributed by atoms with Crippen LogP contribution < -0.4 is 15.4 Å². The van der Waals surface area contributed by atoms with Gasteiger partial charge in [-0.3, -0.25) is 9.69 Å². The largest absolute Gasteiger partial charge is 0.496 e. The average molecular weight is 827 g/mol. The fraction of sp³-hybridized carbons (Fsp3) is 0.596. The van der Waals surface area contributed by atoms with Crippen LogP contribution in [0.25, 0.3) is 22.0 Å². The van der Waals surface area contributed by atoms with Gasteiger partial charge in [0.25, 0.3) is 0 Å². The van der Waals surface area contributed by atoms with Gasteiger partial charge in [-0.1, -0.05) is 23.7 Å². The monoisotopic (exact) mass is 825 g/mol. The maximum atomic E-state index is 13.9. The molecule has 11 heteroatoms. The Kier molecular flexibility index (Phi) is 13.0. The maximum absolute atomic E-state index is 13.9. The van der Waals surface area contributed by atoms with Crippen LogP contribution in [0.2, 0.25) is 5.02 Å². The summed E-state index contributed by atoms with van der Waals surface area (Å²) in [6, 6.07) is 12.8. The number of thiophene rings is 1. The van der Waals surface area contributed by atoms with Crippen molar-refractivity contribution >= 4 is 45.6 Å². The van der Waals surface area contributed by atoms with Crippen molar-refractivity contribution in [2.75, 3.05) is 72.3 Å². The molecule has 4 fully saturated rings. The van der Waals surface area contributed by atoms with Crippen LogP contribution in [-0.2, 0) is 11.3 Å². The molecule has 2 aliphatic carbocycles. The number of ether oxygens (including phenoxy) is 1. The van der Waals surface area contributed by atoms with E-state index in [4.69, 9.17) is 26.3 Å². The van der Waals surface area contributed by atoms with Gasteiger partial charge in [0.15, 0.2) is 0 Å². The first-order chi connectivity index (χ1) is 28.1. The number of aryl methyl sites for hydroxylation is 1. The molecular weight excluding hydrogens is 762 g/mol. The standard InChI is InChI=1S/C47H64ClN7O2S/c1-31(43-25-37(30-58-43)44-36(29-53(3)4)7-6-8-40(44)48)50-45-39-26-38(42(57-5)27-41(39)51-32(2)52-45)34-9-11-35(12-10-34)46(56)55-23-21-54(22-24-55)28-33-13-15-47(16-14-33)17-19-49-20-18-47/h6-8,25-27,30-31,33-35,49H,9-24,28-29H2,1-5H3,(H,50,51,52)/t31-,34?,35?/m1/s1. The van der Waals surface area contributed by atoms with Crippen molar-refractivity contribution in [3.05, 3.63) is 68.6 Å². The zero-order chi connectivity index (χ0) is 40.4. The predicted molar refractivity (Wildman–Crippen MR) is 239 cm³/mol. The lowest BCUT2D eigenvalue weighted by atomic mass is 9.65. The van der Waals surface area contributed by atoms with Gasteiger partial charge in [0.1, 0.15) is 17.4 Å². The molecule has 8 rings (SSSR count). The molecular formula is C47H64ClN7O2S. The first kappa shape index (κ1) is 41.5. The average Bonchev–Trinajstić information content (AvgIpc) is 3.72. The summed E-state index contributed by atoms with van der Waals surface area (Å²) in [5.74, 6) is 4.04. The molecule has 2 N–H and O–H groups in total. The fourth-order valence-electron chi connectivity index (χ4n) is 10.6. The number of carbonyl (C=O) groups is 1. The second kappa shape index (κ2) is 18.1. The number of anilines is 1. The second-order valence-electron chi connectivity index (χ2n) is 18.2. The van der Waals surface area contributed by atoms with E-state index < -0.39 is 0 Å². The summed E-state index contributed by atoms with van der Waals surface area (Å²) in [6.07, 6.45) is 12.1. The molecule has 0 bridgehead atoms. The van der Waals surface area contributed by atoms with E-state index in [0.717, 1.165) is 103 Å². The summed E-state index contributed by atoms with van der Waals surface area (Å²) < 4.78 is 6.01. The number of piperazine rings is 1. The number of nitrogens with zero attached hydrogens (tertiary/aromatic N) is 5. The van der Waals surface area contributed by atoms with Crippen LogP contribution in [0.5, 0.6) is 5.75 Å². The first-order valence-corrected chi connectivity index (χ1v) is 23.2. The predicted octanol–water partition coefficient (Wildman–Crippen LogP) is 9.54. The molecule has 1 amide bonds. The van der Waals surface area contributed by atoms with Crippen LogP contribution in [-0.4, -0.2) is 97.6 Å². The van der Waals surface area contributed by atoms with Crippen LogP contribution >= 0.6 is 22.9 Å². The minimum atomic E-state index is 0.0175. The van der Waals surface area contributed by atoms with Crippen LogP contribution in [0.15, 0.2) is 41.8 Å². The lowest BCUT2D eigenvalue weighted by Crippen LogP contribution is -2.51.